The molecule has 0 bridgehead atoms. The summed E-state index contributed by atoms with van der Waals surface area (Å²) in [4.78, 5) is 11.2. The van der Waals surface area contributed by atoms with E-state index in [1.807, 2.05) is 6.92 Å². The van der Waals surface area contributed by atoms with E-state index in [2.05, 4.69) is 4.40 Å². The smallest absolute Gasteiger partial charge is 0.335 e. The van der Waals surface area contributed by atoms with Crippen molar-refractivity contribution in [3.8, 4) is 0 Å². The molecule has 1 fully saturated rings. The number of nitrogens with zero attached hydrogens (tertiary/aromatic N) is 1. The Hall–Kier alpha value is -2.25. The van der Waals surface area contributed by atoms with E-state index in [-0.39, 0.29) is 17.2 Å². The SMILES string of the molecule is Cc1ccc(S(=O)(=O)N=C2C=CC3(C=C2)OCC(=O)O3)cc1. The highest BCUT2D eigenvalue weighted by atomic mass is 32.2. The maximum Gasteiger partial charge on any atom is 0.335 e. The first-order valence-corrected chi connectivity index (χ1v) is 7.99. The second kappa shape index (κ2) is 5.19. The van der Waals surface area contributed by atoms with Gasteiger partial charge in [-0.3, -0.25) is 0 Å². The lowest BCUT2D eigenvalue weighted by atomic mass is 10.1. The molecule has 1 aromatic rings. The van der Waals surface area contributed by atoms with Gasteiger partial charge in [-0.05, 0) is 43.4 Å². The Balaban J connectivity index is 1.85. The molecule has 0 N–H and O–H groups in total. The summed E-state index contributed by atoms with van der Waals surface area (Å²) in [6, 6.07) is 6.43. The van der Waals surface area contributed by atoms with Gasteiger partial charge in [0.2, 0.25) is 0 Å². The van der Waals surface area contributed by atoms with E-state index < -0.39 is 21.8 Å². The number of hydrogen-bond acceptors (Lipinski definition) is 5. The quantitative estimate of drug-likeness (QED) is 0.772. The minimum Gasteiger partial charge on any atom is -0.424 e. The Bertz CT molecular complexity index is 787. The van der Waals surface area contributed by atoms with Crippen molar-refractivity contribution in [3.63, 3.8) is 0 Å². The lowest BCUT2D eigenvalue weighted by Gasteiger charge is -2.20. The molecule has 7 heteroatoms. The normalized spacial score (nSPS) is 23.9. The van der Waals surface area contributed by atoms with Crippen LogP contribution in [-0.2, 0) is 24.3 Å². The monoisotopic (exact) mass is 319 g/mol. The third kappa shape index (κ3) is 2.86. The lowest BCUT2D eigenvalue weighted by molar-refractivity contribution is -0.147. The standard InChI is InChI=1S/C15H13NO5S/c1-11-2-4-13(5-3-11)22(18,19)16-12-6-8-15(9-7-12)20-10-14(17)21-15/h2-9H,10H2,1H3. The second-order valence-electron chi connectivity index (χ2n) is 4.96. The molecule has 1 aliphatic carbocycles. The van der Waals surface area contributed by atoms with Crippen LogP contribution in [0.15, 0.2) is 57.9 Å². The molecule has 1 spiro atoms. The van der Waals surface area contributed by atoms with Crippen LogP contribution in [-0.4, -0.2) is 32.5 Å². The molecule has 22 heavy (non-hydrogen) atoms. The van der Waals surface area contributed by atoms with E-state index in [0.29, 0.717) is 0 Å². The van der Waals surface area contributed by atoms with Gasteiger partial charge in [-0.2, -0.15) is 12.8 Å². The molecule has 0 aromatic heterocycles. The van der Waals surface area contributed by atoms with Crippen molar-refractivity contribution in [2.45, 2.75) is 17.6 Å². The summed E-state index contributed by atoms with van der Waals surface area (Å²) in [5, 5.41) is 0. The van der Waals surface area contributed by atoms with Gasteiger partial charge < -0.3 is 9.47 Å². The molecule has 1 aliphatic heterocycles. The average molecular weight is 319 g/mol. The first kappa shape index (κ1) is 14.7. The summed E-state index contributed by atoms with van der Waals surface area (Å²) in [5.74, 6) is -1.70. The predicted octanol–water partition coefficient (Wildman–Crippen LogP) is 1.52. The lowest BCUT2D eigenvalue weighted by Crippen LogP contribution is -2.27. The van der Waals surface area contributed by atoms with Gasteiger partial charge in [0.25, 0.3) is 15.8 Å². The van der Waals surface area contributed by atoms with E-state index in [0.717, 1.165) is 5.56 Å². The van der Waals surface area contributed by atoms with Gasteiger partial charge in [0, 0.05) is 0 Å². The first-order chi connectivity index (χ1) is 10.4. The number of hydrogen-bond donors (Lipinski definition) is 0. The maximum absolute atomic E-state index is 12.2. The maximum atomic E-state index is 12.2. The Morgan fingerprint density at radius 1 is 1.14 bits per heavy atom. The van der Waals surface area contributed by atoms with Crippen molar-refractivity contribution in [2.75, 3.05) is 6.61 Å². The summed E-state index contributed by atoms with van der Waals surface area (Å²) in [7, 11) is -3.79. The number of aryl methyl sites for hydroxylation is 1. The van der Waals surface area contributed by atoms with Crippen molar-refractivity contribution in [3.05, 3.63) is 54.1 Å². The summed E-state index contributed by atoms with van der Waals surface area (Å²) in [6.45, 7) is 1.74. The molecule has 3 rings (SSSR count). The number of ether oxygens (including phenoxy) is 2. The molecule has 1 aromatic carbocycles. The highest BCUT2D eigenvalue weighted by Crippen LogP contribution is 2.26. The van der Waals surface area contributed by atoms with Crippen molar-refractivity contribution in [1.29, 1.82) is 0 Å². The summed E-state index contributed by atoms with van der Waals surface area (Å²) >= 11 is 0. The van der Waals surface area contributed by atoms with Gasteiger partial charge in [0.1, 0.15) is 6.61 Å². The minimum atomic E-state index is -3.79. The van der Waals surface area contributed by atoms with Gasteiger partial charge in [0.15, 0.2) is 0 Å². The Kier molecular flexibility index (Phi) is 3.46. The van der Waals surface area contributed by atoms with Crippen LogP contribution in [0.4, 0.5) is 0 Å². The van der Waals surface area contributed by atoms with Gasteiger partial charge >= 0.3 is 5.97 Å². The molecule has 0 radical (unpaired) electrons. The summed E-state index contributed by atoms with van der Waals surface area (Å²) in [6.07, 6.45) is 5.82. The Morgan fingerprint density at radius 3 is 2.32 bits per heavy atom. The Morgan fingerprint density at radius 2 is 1.77 bits per heavy atom. The van der Waals surface area contributed by atoms with Crippen molar-refractivity contribution < 1.29 is 22.7 Å². The van der Waals surface area contributed by atoms with Crippen LogP contribution < -0.4 is 0 Å². The molecular formula is C15H13NO5S. The van der Waals surface area contributed by atoms with Crippen molar-refractivity contribution in [2.24, 2.45) is 4.40 Å². The van der Waals surface area contributed by atoms with Crippen LogP contribution >= 0.6 is 0 Å². The highest BCUT2D eigenvalue weighted by molar-refractivity contribution is 7.90. The number of carbonyl (C=O) groups excluding carboxylic acids is 1. The number of carbonyl (C=O) groups is 1. The number of rotatable bonds is 2. The molecular weight excluding hydrogens is 306 g/mol. The van der Waals surface area contributed by atoms with Crippen LogP contribution in [0.25, 0.3) is 0 Å². The van der Waals surface area contributed by atoms with Crippen molar-refractivity contribution >= 4 is 21.7 Å². The average Bonchev–Trinajstić information content (AvgIpc) is 2.83. The van der Waals surface area contributed by atoms with E-state index in [1.54, 1.807) is 12.1 Å². The van der Waals surface area contributed by atoms with Crippen LogP contribution in [0.3, 0.4) is 0 Å². The van der Waals surface area contributed by atoms with Crippen LogP contribution in [0.1, 0.15) is 5.56 Å². The zero-order chi connectivity index (χ0) is 15.8. The second-order valence-corrected chi connectivity index (χ2v) is 6.56. The molecule has 0 unspecified atom stereocenters. The fourth-order valence-electron chi connectivity index (χ4n) is 2.05. The van der Waals surface area contributed by atoms with Crippen LogP contribution in [0, 0.1) is 6.92 Å². The zero-order valence-corrected chi connectivity index (χ0v) is 12.5. The molecule has 0 amide bonds. The van der Waals surface area contributed by atoms with Gasteiger partial charge in [-0.25, -0.2) is 4.79 Å². The molecule has 0 atom stereocenters. The molecule has 1 heterocycles. The van der Waals surface area contributed by atoms with Gasteiger partial charge in [-0.15, -0.1) is 0 Å². The van der Waals surface area contributed by atoms with Crippen molar-refractivity contribution in [1.82, 2.24) is 0 Å². The minimum absolute atomic E-state index is 0.122. The third-order valence-electron chi connectivity index (χ3n) is 3.21. The van der Waals surface area contributed by atoms with Gasteiger partial charge in [-0.1, -0.05) is 17.7 Å². The fourth-order valence-corrected chi connectivity index (χ4v) is 3.03. The highest BCUT2D eigenvalue weighted by Gasteiger charge is 2.38. The van der Waals surface area contributed by atoms with E-state index in [4.69, 9.17) is 9.47 Å². The Labute approximate surface area is 127 Å². The third-order valence-corrected chi connectivity index (χ3v) is 4.53. The van der Waals surface area contributed by atoms with Crippen LogP contribution in [0.2, 0.25) is 0 Å². The fraction of sp³-hybridized carbons (Fsp3) is 0.200. The van der Waals surface area contributed by atoms with E-state index in [9.17, 15) is 13.2 Å². The van der Waals surface area contributed by atoms with E-state index >= 15 is 0 Å². The predicted molar refractivity (Wildman–Crippen MR) is 78.9 cm³/mol. The topological polar surface area (TPSA) is 82.0 Å². The summed E-state index contributed by atoms with van der Waals surface area (Å²) < 4.78 is 38.4. The van der Waals surface area contributed by atoms with Crippen LogP contribution in [0.5, 0.6) is 0 Å². The molecule has 0 saturated carbocycles. The van der Waals surface area contributed by atoms with E-state index in [1.165, 1.54) is 36.4 Å². The number of esters is 1. The first-order valence-electron chi connectivity index (χ1n) is 6.55. The largest absolute Gasteiger partial charge is 0.424 e. The number of benzene rings is 1. The number of sulfonamides is 1. The molecule has 114 valence electrons. The molecule has 2 aliphatic rings. The molecule has 6 nitrogen and oxygen atoms in total. The molecule has 1 saturated heterocycles. The zero-order valence-electron chi connectivity index (χ0n) is 11.7. The summed E-state index contributed by atoms with van der Waals surface area (Å²) in [5.41, 5.74) is 1.20. The number of allylic oxidation sites excluding steroid dienone is 2. The van der Waals surface area contributed by atoms with Gasteiger partial charge in [0.05, 0.1) is 10.6 Å².